The van der Waals surface area contributed by atoms with Crippen molar-refractivity contribution in [2.75, 3.05) is 6.54 Å². The number of carboxylic acids is 1. The van der Waals surface area contributed by atoms with Crippen molar-refractivity contribution < 1.29 is 23.1 Å². The molecule has 0 saturated carbocycles. The minimum absolute atomic E-state index is 0.105. The number of halogens is 3. The van der Waals surface area contributed by atoms with Gasteiger partial charge in [0.1, 0.15) is 0 Å². The Hall–Kier alpha value is -1.63. The normalized spacial score (nSPS) is 12.2. The van der Waals surface area contributed by atoms with E-state index >= 15 is 0 Å². The fourth-order valence-electron chi connectivity index (χ4n) is 1.63. The van der Waals surface area contributed by atoms with Crippen LogP contribution in [0.3, 0.4) is 0 Å². The summed E-state index contributed by atoms with van der Waals surface area (Å²) in [5, 5.41) is 8.95. The first kappa shape index (κ1) is 15.4. The first-order chi connectivity index (χ1) is 8.70. The molecule has 0 amide bonds. The molecule has 0 unspecified atom stereocenters. The zero-order valence-corrected chi connectivity index (χ0v) is 10.6. The minimum atomic E-state index is -4.32. The molecule has 0 fully saturated rings. The van der Waals surface area contributed by atoms with E-state index in [1.807, 2.05) is 0 Å². The van der Waals surface area contributed by atoms with Crippen LogP contribution in [0.25, 0.3) is 0 Å². The van der Waals surface area contributed by atoms with E-state index < -0.39 is 18.7 Å². The quantitative estimate of drug-likeness (QED) is 0.898. The third-order valence-electron chi connectivity index (χ3n) is 2.58. The molecule has 1 heterocycles. The van der Waals surface area contributed by atoms with Gasteiger partial charge in [0.2, 0.25) is 0 Å². The first-order valence-corrected chi connectivity index (χ1v) is 5.68. The van der Waals surface area contributed by atoms with Crippen molar-refractivity contribution in [1.82, 2.24) is 9.88 Å². The van der Waals surface area contributed by atoms with Crippen LogP contribution in [0.5, 0.6) is 0 Å². The van der Waals surface area contributed by atoms with Crippen molar-refractivity contribution in [3.05, 3.63) is 29.6 Å². The van der Waals surface area contributed by atoms with Crippen LogP contribution in [-0.2, 0) is 6.54 Å². The molecule has 0 aliphatic heterocycles. The summed E-state index contributed by atoms with van der Waals surface area (Å²) in [6.07, 6.45) is -3.02. The molecule has 106 valence electrons. The van der Waals surface area contributed by atoms with E-state index in [1.54, 1.807) is 13.8 Å². The molecule has 0 aliphatic carbocycles. The standard InChI is InChI=1S/C12H15F3N2O2/c1-8(2)17(7-12(13,14)15)6-9-4-3-5-16-10(9)11(18)19/h3-5,8H,6-7H2,1-2H3,(H,18,19). The van der Waals surface area contributed by atoms with Crippen molar-refractivity contribution in [2.24, 2.45) is 0 Å². The van der Waals surface area contributed by atoms with Crippen molar-refractivity contribution >= 4 is 5.97 Å². The average Bonchev–Trinajstić information content (AvgIpc) is 2.26. The van der Waals surface area contributed by atoms with Gasteiger partial charge in [-0.3, -0.25) is 4.90 Å². The Balaban J connectivity index is 2.94. The number of alkyl halides is 3. The Morgan fingerprint density at radius 1 is 1.47 bits per heavy atom. The van der Waals surface area contributed by atoms with Gasteiger partial charge in [0, 0.05) is 18.8 Å². The van der Waals surface area contributed by atoms with E-state index in [9.17, 15) is 18.0 Å². The van der Waals surface area contributed by atoms with E-state index in [0.29, 0.717) is 0 Å². The summed E-state index contributed by atoms with van der Waals surface area (Å²) in [6, 6.07) is 2.62. The third-order valence-corrected chi connectivity index (χ3v) is 2.58. The van der Waals surface area contributed by atoms with Crippen molar-refractivity contribution in [3.8, 4) is 0 Å². The van der Waals surface area contributed by atoms with Gasteiger partial charge < -0.3 is 5.11 Å². The van der Waals surface area contributed by atoms with Gasteiger partial charge in [-0.05, 0) is 25.5 Å². The molecule has 0 atom stereocenters. The highest BCUT2D eigenvalue weighted by molar-refractivity contribution is 5.86. The summed E-state index contributed by atoms with van der Waals surface area (Å²) < 4.78 is 37.4. The SMILES string of the molecule is CC(C)N(Cc1cccnc1C(=O)O)CC(F)(F)F. The molecule has 19 heavy (non-hydrogen) atoms. The molecule has 0 saturated heterocycles. The predicted octanol–water partition coefficient (Wildman–Crippen LogP) is 2.55. The zero-order valence-electron chi connectivity index (χ0n) is 10.6. The maximum absolute atomic E-state index is 12.5. The second-order valence-electron chi connectivity index (χ2n) is 4.43. The van der Waals surface area contributed by atoms with E-state index in [2.05, 4.69) is 4.98 Å². The Labute approximate surface area is 108 Å². The van der Waals surface area contributed by atoms with Crippen LogP contribution in [0.2, 0.25) is 0 Å². The van der Waals surface area contributed by atoms with Crippen LogP contribution in [0.4, 0.5) is 13.2 Å². The Morgan fingerprint density at radius 3 is 2.58 bits per heavy atom. The number of nitrogens with zero attached hydrogens (tertiary/aromatic N) is 2. The molecule has 0 spiro atoms. The van der Waals surface area contributed by atoms with Gasteiger partial charge in [-0.2, -0.15) is 13.2 Å². The van der Waals surface area contributed by atoms with Crippen LogP contribution >= 0.6 is 0 Å². The van der Waals surface area contributed by atoms with E-state index in [4.69, 9.17) is 5.11 Å². The lowest BCUT2D eigenvalue weighted by Crippen LogP contribution is -2.38. The summed E-state index contributed by atoms with van der Waals surface area (Å²) >= 11 is 0. The van der Waals surface area contributed by atoms with Gasteiger partial charge in [0.05, 0.1) is 6.54 Å². The number of pyridine rings is 1. The monoisotopic (exact) mass is 276 g/mol. The van der Waals surface area contributed by atoms with Crippen molar-refractivity contribution in [2.45, 2.75) is 32.6 Å². The predicted molar refractivity (Wildman–Crippen MR) is 62.8 cm³/mol. The van der Waals surface area contributed by atoms with E-state index in [0.717, 1.165) is 4.90 Å². The maximum atomic E-state index is 12.5. The molecular weight excluding hydrogens is 261 g/mol. The topological polar surface area (TPSA) is 53.4 Å². The van der Waals surface area contributed by atoms with Crippen LogP contribution in [0.1, 0.15) is 29.9 Å². The van der Waals surface area contributed by atoms with E-state index in [-0.39, 0.29) is 23.8 Å². The van der Waals surface area contributed by atoms with Gasteiger partial charge in [-0.25, -0.2) is 9.78 Å². The second-order valence-corrected chi connectivity index (χ2v) is 4.43. The summed E-state index contributed by atoms with van der Waals surface area (Å²) in [5.74, 6) is -1.24. The van der Waals surface area contributed by atoms with Gasteiger partial charge in [-0.15, -0.1) is 0 Å². The van der Waals surface area contributed by atoms with Gasteiger partial charge in [0.15, 0.2) is 5.69 Å². The molecule has 1 aromatic rings. The van der Waals surface area contributed by atoms with Crippen molar-refractivity contribution in [1.29, 1.82) is 0 Å². The zero-order chi connectivity index (χ0) is 14.6. The fourth-order valence-corrected chi connectivity index (χ4v) is 1.63. The lowest BCUT2D eigenvalue weighted by molar-refractivity contribution is -0.150. The Kier molecular flexibility index (Phi) is 4.88. The summed E-state index contributed by atoms with van der Waals surface area (Å²) in [6.45, 7) is 2.07. The number of rotatable bonds is 5. The lowest BCUT2D eigenvalue weighted by Gasteiger charge is -2.27. The molecule has 0 aliphatic rings. The molecule has 1 aromatic heterocycles. The maximum Gasteiger partial charge on any atom is 0.401 e. The summed E-state index contributed by atoms with van der Waals surface area (Å²) in [4.78, 5) is 15.8. The Morgan fingerprint density at radius 2 is 2.11 bits per heavy atom. The highest BCUT2D eigenvalue weighted by Crippen LogP contribution is 2.20. The number of hydrogen-bond donors (Lipinski definition) is 1. The minimum Gasteiger partial charge on any atom is -0.477 e. The summed E-state index contributed by atoms with van der Waals surface area (Å²) in [7, 11) is 0. The Bertz CT molecular complexity index is 447. The number of carboxylic acid groups (broad SMARTS) is 1. The number of carbonyl (C=O) groups is 1. The highest BCUT2D eigenvalue weighted by atomic mass is 19.4. The second kappa shape index (κ2) is 6.01. The average molecular weight is 276 g/mol. The molecule has 0 aromatic carbocycles. The van der Waals surface area contributed by atoms with Crippen LogP contribution in [-0.4, -0.2) is 39.7 Å². The summed E-state index contributed by atoms with van der Waals surface area (Å²) in [5.41, 5.74) is 0.0586. The molecule has 1 N–H and O–H groups in total. The van der Waals surface area contributed by atoms with Crippen LogP contribution in [0.15, 0.2) is 18.3 Å². The molecule has 4 nitrogen and oxygen atoms in total. The smallest absolute Gasteiger partial charge is 0.401 e. The van der Waals surface area contributed by atoms with Crippen LogP contribution in [0, 0.1) is 0 Å². The molecule has 0 bridgehead atoms. The number of aromatic carboxylic acids is 1. The number of hydrogen-bond acceptors (Lipinski definition) is 3. The third kappa shape index (κ3) is 4.86. The lowest BCUT2D eigenvalue weighted by atomic mass is 10.1. The molecule has 1 rings (SSSR count). The van der Waals surface area contributed by atoms with E-state index in [1.165, 1.54) is 18.3 Å². The molecule has 0 radical (unpaired) electrons. The van der Waals surface area contributed by atoms with Gasteiger partial charge in [0.25, 0.3) is 0 Å². The largest absolute Gasteiger partial charge is 0.477 e. The first-order valence-electron chi connectivity index (χ1n) is 5.68. The molecular formula is C12H15F3N2O2. The van der Waals surface area contributed by atoms with Gasteiger partial charge in [-0.1, -0.05) is 6.07 Å². The fraction of sp³-hybridized carbons (Fsp3) is 0.500. The molecule has 7 heteroatoms. The van der Waals surface area contributed by atoms with Crippen molar-refractivity contribution in [3.63, 3.8) is 0 Å². The highest BCUT2D eigenvalue weighted by Gasteiger charge is 2.32. The van der Waals surface area contributed by atoms with Crippen LogP contribution < -0.4 is 0 Å². The van der Waals surface area contributed by atoms with Gasteiger partial charge >= 0.3 is 12.1 Å². The number of aromatic nitrogens is 1.